The van der Waals surface area contributed by atoms with Gasteiger partial charge in [-0.25, -0.2) is 0 Å². The van der Waals surface area contributed by atoms with Crippen LogP contribution in [0.15, 0.2) is 0 Å². The van der Waals surface area contributed by atoms with Crippen LogP contribution in [0.4, 0.5) is 0 Å². The van der Waals surface area contributed by atoms with E-state index in [1.807, 2.05) is 0 Å². The first-order chi connectivity index (χ1) is 10.7. The molecule has 0 aliphatic rings. The van der Waals surface area contributed by atoms with E-state index >= 15 is 0 Å². The Balaban J connectivity index is 4.83. The summed E-state index contributed by atoms with van der Waals surface area (Å²) in [4.78, 5) is 11.7. The molecule has 0 aromatic carbocycles. The van der Waals surface area contributed by atoms with Crippen molar-refractivity contribution in [1.29, 1.82) is 0 Å². The summed E-state index contributed by atoms with van der Waals surface area (Å²) < 4.78 is 6.67. The molecule has 23 heavy (non-hydrogen) atoms. The number of rotatable bonds is 13. The SMILES string of the molecule is CCCCCC[C@@H](C=O)[C@H](CCCCC)O[Si](C)(C)C(C)(C)C. The van der Waals surface area contributed by atoms with Crippen molar-refractivity contribution in [2.24, 2.45) is 5.92 Å². The molecule has 138 valence electrons. The summed E-state index contributed by atoms with van der Waals surface area (Å²) in [5.41, 5.74) is 0. The molecule has 0 aliphatic heterocycles. The number of carbonyl (C=O) groups excluding carboxylic acids is 1. The lowest BCUT2D eigenvalue weighted by atomic mass is 9.93. The summed E-state index contributed by atoms with van der Waals surface area (Å²) in [7, 11) is -1.82. The lowest BCUT2D eigenvalue weighted by molar-refractivity contribution is -0.114. The van der Waals surface area contributed by atoms with Crippen molar-refractivity contribution in [3.8, 4) is 0 Å². The molecule has 0 saturated carbocycles. The zero-order valence-electron chi connectivity index (χ0n) is 16.9. The predicted octanol–water partition coefficient (Wildman–Crippen LogP) is 6.74. The second-order valence-corrected chi connectivity index (χ2v) is 13.3. The van der Waals surface area contributed by atoms with Crippen LogP contribution in [0.3, 0.4) is 0 Å². The van der Waals surface area contributed by atoms with Crippen molar-refractivity contribution in [2.75, 3.05) is 0 Å². The van der Waals surface area contributed by atoms with Gasteiger partial charge >= 0.3 is 0 Å². The normalized spacial score (nSPS) is 15.4. The lowest BCUT2D eigenvalue weighted by Crippen LogP contribution is -2.46. The maximum absolute atomic E-state index is 11.7. The van der Waals surface area contributed by atoms with Crippen LogP contribution < -0.4 is 0 Å². The van der Waals surface area contributed by atoms with Crippen LogP contribution in [-0.2, 0) is 9.22 Å². The Morgan fingerprint density at radius 3 is 1.91 bits per heavy atom. The van der Waals surface area contributed by atoms with E-state index < -0.39 is 8.32 Å². The van der Waals surface area contributed by atoms with E-state index in [0.29, 0.717) is 0 Å². The van der Waals surface area contributed by atoms with Crippen LogP contribution in [0.2, 0.25) is 18.1 Å². The maximum atomic E-state index is 11.7. The molecule has 0 aromatic heterocycles. The molecule has 0 aliphatic carbocycles. The van der Waals surface area contributed by atoms with Gasteiger partial charge in [-0.15, -0.1) is 0 Å². The van der Waals surface area contributed by atoms with E-state index in [2.05, 4.69) is 47.7 Å². The largest absolute Gasteiger partial charge is 0.413 e. The van der Waals surface area contributed by atoms with Gasteiger partial charge in [0.2, 0.25) is 0 Å². The number of aldehydes is 1. The molecule has 2 atom stereocenters. The molecule has 0 N–H and O–H groups in total. The molecular formula is C20H42O2Si. The third kappa shape index (κ3) is 9.04. The highest BCUT2D eigenvalue weighted by Gasteiger charge is 2.40. The van der Waals surface area contributed by atoms with Crippen molar-refractivity contribution >= 4 is 14.6 Å². The van der Waals surface area contributed by atoms with Crippen molar-refractivity contribution in [1.82, 2.24) is 0 Å². The highest BCUT2D eigenvalue weighted by molar-refractivity contribution is 6.74. The van der Waals surface area contributed by atoms with Gasteiger partial charge in [0.05, 0.1) is 6.10 Å². The minimum atomic E-state index is -1.82. The van der Waals surface area contributed by atoms with Gasteiger partial charge in [0.15, 0.2) is 8.32 Å². The molecule has 0 aromatic rings. The van der Waals surface area contributed by atoms with Crippen molar-refractivity contribution in [2.45, 2.75) is 117 Å². The fourth-order valence-electron chi connectivity index (χ4n) is 2.66. The Kier molecular flexibility index (Phi) is 11.3. The van der Waals surface area contributed by atoms with Crippen LogP contribution in [0.25, 0.3) is 0 Å². The van der Waals surface area contributed by atoms with Gasteiger partial charge in [-0.2, -0.15) is 0 Å². The fraction of sp³-hybridized carbons (Fsp3) is 0.950. The molecule has 0 rings (SSSR count). The average molecular weight is 343 g/mol. The second-order valence-electron chi connectivity index (χ2n) is 8.56. The molecular weight excluding hydrogens is 300 g/mol. The molecule has 0 fully saturated rings. The minimum Gasteiger partial charge on any atom is -0.413 e. The first-order valence-corrected chi connectivity index (χ1v) is 12.7. The van der Waals surface area contributed by atoms with Gasteiger partial charge in [-0.05, 0) is 31.0 Å². The molecule has 0 unspecified atom stereocenters. The van der Waals surface area contributed by atoms with E-state index in [-0.39, 0.29) is 17.1 Å². The van der Waals surface area contributed by atoms with Gasteiger partial charge in [-0.3, -0.25) is 0 Å². The van der Waals surface area contributed by atoms with Gasteiger partial charge < -0.3 is 9.22 Å². The summed E-state index contributed by atoms with van der Waals surface area (Å²) in [6, 6.07) is 0. The average Bonchev–Trinajstić information content (AvgIpc) is 2.45. The molecule has 0 amide bonds. The van der Waals surface area contributed by atoms with Crippen LogP contribution in [0.1, 0.15) is 92.4 Å². The Morgan fingerprint density at radius 1 is 0.913 bits per heavy atom. The highest BCUT2D eigenvalue weighted by Crippen LogP contribution is 2.39. The first kappa shape index (κ1) is 22.8. The number of hydrogen-bond donors (Lipinski definition) is 0. The third-order valence-electron chi connectivity index (χ3n) is 5.39. The topological polar surface area (TPSA) is 26.3 Å². The zero-order chi connectivity index (χ0) is 17.9. The molecule has 0 saturated heterocycles. The van der Waals surface area contributed by atoms with Crippen LogP contribution >= 0.6 is 0 Å². The number of carbonyl (C=O) groups is 1. The number of hydrogen-bond acceptors (Lipinski definition) is 2. The first-order valence-electron chi connectivity index (χ1n) is 9.82. The zero-order valence-corrected chi connectivity index (χ0v) is 17.9. The minimum absolute atomic E-state index is 0.0813. The molecule has 0 radical (unpaired) electrons. The quantitative estimate of drug-likeness (QED) is 0.210. The molecule has 2 nitrogen and oxygen atoms in total. The van der Waals surface area contributed by atoms with E-state index in [9.17, 15) is 4.79 Å². The van der Waals surface area contributed by atoms with Gasteiger partial charge in [0.1, 0.15) is 6.29 Å². The molecule has 3 heteroatoms. The van der Waals surface area contributed by atoms with E-state index in [1.165, 1.54) is 44.8 Å². The van der Waals surface area contributed by atoms with Gasteiger partial charge in [-0.1, -0.05) is 79.6 Å². The van der Waals surface area contributed by atoms with Gasteiger partial charge in [0.25, 0.3) is 0 Å². The Bertz CT molecular complexity index is 307. The highest BCUT2D eigenvalue weighted by atomic mass is 28.4. The standard InChI is InChI=1S/C20H42O2Si/c1-8-10-12-14-15-18(17-21)19(16-13-11-9-2)22-23(6,7)20(3,4)5/h17-19H,8-16H2,1-7H3/t18-,19-/m0/s1. The summed E-state index contributed by atoms with van der Waals surface area (Å²) in [6.45, 7) is 15.9. The maximum Gasteiger partial charge on any atom is 0.192 e. The Labute approximate surface area is 146 Å². The number of unbranched alkanes of at least 4 members (excludes halogenated alkanes) is 5. The third-order valence-corrected chi connectivity index (χ3v) is 9.89. The summed E-state index contributed by atoms with van der Waals surface area (Å²) in [6.07, 6.45) is 11.9. The van der Waals surface area contributed by atoms with Crippen molar-refractivity contribution in [3.05, 3.63) is 0 Å². The smallest absolute Gasteiger partial charge is 0.192 e. The summed E-state index contributed by atoms with van der Waals surface area (Å²) in [5.74, 6) is 0.0813. The lowest BCUT2D eigenvalue weighted by Gasteiger charge is -2.40. The molecule has 0 spiro atoms. The Morgan fingerprint density at radius 2 is 1.43 bits per heavy atom. The van der Waals surface area contributed by atoms with E-state index in [4.69, 9.17) is 4.43 Å². The van der Waals surface area contributed by atoms with E-state index in [1.54, 1.807) is 0 Å². The van der Waals surface area contributed by atoms with Crippen LogP contribution in [0.5, 0.6) is 0 Å². The fourth-order valence-corrected chi connectivity index (χ4v) is 4.06. The van der Waals surface area contributed by atoms with Crippen LogP contribution in [0, 0.1) is 5.92 Å². The van der Waals surface area contributed by atoms with E-state index in [0.717, 1.165) is 19.3 Å². The summed E-state index contributed by atoms with van der Waals surface area (Å²) >= 11 is 0. The van der Waals surface area contributed by atoms with Crippen molar-refractivity contribution in [3.63, 3.8) is 0 Å². The molecule has 0 heterocycles. The van der Waals surface area contributed by atoms with Gasteiger partial charge in [0, 0.05) is 5.92 Å². The second kappa shape index (κ2) is 11.4. The van der Waals surface area contributed by atoms with Crippen molar-refractivity contribution < 1.29 is 9.22 Å². The monoisotopic (exact) mass is 342 g/mol. The Hall–Kier alpha value is -0.153. The predicted molar refractivity (Wildman–Crippen MR) is 105 cm³/mol. The van der Waals surface area contributed by atoms with Crippen LogP contribution in [-0.4, -0.2) is 20.7 Å². The summed E-state index contributed by atoms with van der Waals surface area (Å²) in [5, 5.41) is 0.200. The molecule has 0 bridgehead atoms.